The minimum Gasteiger partial charge on any atom is -0.344 e. The molecule has 0 aliphatic carbocycles. The molecule has 0 aliphatic heterocycles. The summed E-state index contributed by atoms with van der Waals surface area (Å²) in [5.41, 5.74) is 3.34. The van der Waals surface area contributed by atoms with Gasteiger partial charge in [0.25, 0.3) is 5.91 Å². The molecule has 1 atom stereocenters. The van der Waals surface area contributed by atoms with Gasteiger partial charge in [0, 0.05) is 23.4 Å². The fourth-order valence-electron chi connectivity index (χ4n) is 2.80. The molecule has 6 nitrogen and oxygen atoms in total. The van der Waals surface area contributed by atoms with E-state index in [9.17, 15) is 4.79 Å². The van der Waals surface area contributed by atoms with E-state index in [2.05, 4.69) is 20.4 Å². The van der Waals surface area contributed by atoms with E-state index in [1.54, 1.807) is 18.5 Å². The van der Waals surface area contributed by atoms with Crippen LogP contribution in [0.25, 0.3) is 5.69 Å². The first-order valence-electron chi connectivity index (χ1n) is 8.71. The van der Waals surface area contributed by atoms with E-state index in [-0.39, 0.29) is 17.9 Å². The van der Waals surface area contributed by atoms with Crippen LogP contribution in [-0.4, -0.2) is 25.7 Å². The first-order chi connectivity index (χ1) is 12.5. The second-order valence-corrected chi connectivity index (χ2v) is 6.58. The lowest BCUT2D eigenvalue weighted by molar-refractivity contribution is 0.0934. The minimum atomic E-state index is -0.214. The molecule has 0 unspecified atom stereocenters. The van der Waals surface area contributed by atoms with Gasteiger partial charge in [-0.1, -0.05) is 32.0 Å². The smallest absolute Gasteiger partial charge is 0.270 e. The highest BCUT2D eigenvalue weighted by Gasteiger charge is 2.18. The van der Waals surface area contributed by atoms with E-state index in [4.69, 9.17) is 0 Å². The number of benzene rings is 1. The molecule has 0 fully saturated rings. The number of hydrogen-bond acceptors (Lipinski definition) is 4. The molecule has 26 heavy (non-hydrogen) atoms. The second-order valence-electron chi connectivity index (χ2n) is 6.58. The molecule has 2 heterocycles. The summed E-state index contributed by atoms with van der Waals surface area (Å²) in [7, 11) is 0. The summed E-state index contributed by atoms with van der Waals surface area (Å²) in [5, 5.41) is 7.47. The molecule has 0 saturated carbocycles. The van der Waals surface area contributed by atoms with E-state index in [0.717, 1.165) is 16.9 Å². The van der Waals surface area contributed by atoms with Gasteiger partial charge in [0.15, 0.2) is 0 Å². The molecule has 2 aromatic heterocycles. The zero-order chi connectivity index (χ0) is 18.7. The summed E-state index contributed by atoms with van der Waals surface area (Å²) in [5.74, 6) is 0.624. The number of hydrogen-bond donors (Lipinski definition) is 1. The van der Waals surface area contributed by atoms with E-state index in [1.807, 2.05) is 62.7 Å². The van der Waals surface area contributed by atoms with Crippen molar-refractivity contribution in [2.24, 2.45) is 0 Å². The van der Waals surface area contributed by atoms with Crippen molar-refractivity contribution in [2.75, 3.05) is 0 Å². The Bertz CT molecular complexity index is 902. The Kier molecular flexibility index (Phi) is 5.11. The average Bonchev–Trinajstić information content (AvgIpc) is 3.04. The summed E-state index contributed by atoms with van der Waals surface area (Å²) in [6.45, 7) is 7.95. The van der Waals surface area contributed by atoms with Crippen molar-refractivity contribution in [3.05, 3.63) is 71.6 Å². The highest BCUT2D eigenvalue weighted by atomic mass is 16.1. The van der Waals surface area contributed by atoms with Crippen LogP contribution in [0.5, 0.6) is 0 Å². The maximum Gasteiger partial charge on any atom is 0.270 e. The number of nitrogens with one attached hydrogen (secondary N) is 1. The third kappa shape index (κ3) is 3.64. The Balaban J connectivity index is 1.78. The first kappa shape index (κ1) is 17.8. The number of aromatic nitrogens is 4. The van der Waals surface area contributed by atoms with Crippen LogP contribution in [0.2, 0.25) is 0 Å². The SMILES string of the molecule is Cc1c([C@H](C)NC(=O)c2ccnc(C(C)C)n2)cnn1-c1ccccc1. The molecule has 0 radical (unpaired) electrons. The van der Waals surface area contributed by atoms with Gasteiger partial charge >= 0.3 is 0 Å². The lowest BCUT2D eigenvalue weighted by Crippen LogP contribution is -2.28. The summed E-state index contributed by atoms with van der Waals surface area (Å²) >= 11 is 0. The molecule has 6 heteroatoms. The number of nitrogens with zero attached hydrogens (tertiary/aromatic N) is 4. The van der Waals surface area contributed by atoms with Gasteiger partial charge in [0.1, 0.15) is 11.5 Å². The van der Waals surface area contributed by atoms with Crippen LogP contribution < -0.4 is 5.32 Å². The van der Waals surface area contributed by atoms with Crippen molar-refractivity contribution < 1.29 is 4.79 Å². The number of carbonyl (C=O) groups excluding carboxylic acids is 1. The van der Waals surface area contributed by atoms with Gasteiger partial charge in [-0.25, -0.2) is 14.6 Å². The summed E-state index contributed by atoms with van der Waals surface area (Å²) in [6, 6.07) is 11.4. The third-order valence-electron chi connectivity index (χ3n) is 4.29. The molecule has 0 bridgehead atoms. The molecule has 1 amide bonds. The van der Waals surface area contributed by atoms with Crippen molar-refractivity contribution in [1.82, 2.24) is 25.1 Å². The van der Waals surface area contributed by atoms with E-state index >= 15 is 0 Å². The minimum absolute atomic E-state index is 0.173. The van der Waals surface area contributed by atoms with Crippen LogP contribution in [0.3, 0.4) is 0 Å². The van der Waals surface area contributed by atoms with Crippen LogP contribution in [0.1, 0.15) is 60.3 Å². The van der Waals surface area contributed by atoms with Gasteiger partial charge in [-0.05, 0) is 32.0 Å². The van der Waals surface area contributed by atoms with Crippen LogP contribution in [-0.2, 0) is 0 Å². The Labute approximate surface area is 153 Å². The Hall–Kier alpha value is -3.02. The van der Waals surface area contributed by atoms with Crippen molar-refractivity contribution in [1.29, 1.82) is 0 Å². The zero-order valence-corrected chi connectivity index (χ0v) is 15.5. The van der Waals surface area contributed by atoms with Crippen LogP contribution in [0.15, 0.2) is 48.8 Å². The quantitative estimate of drug-likeness (QED) is 0.764. The van der Waals surface area contributed by atoms with Crippen molar-refractivity contribution in [3.63, 3.8) is 0 Å². The molecule has 1 N–H and O–H groups in total. The predicted octanol–water partition coefficient (Wildman–Crippen LogP) is 3.59. The number of rotatable bonds is 5. The number of carbonyl (C=O) groups is 1. The summed E-state index contributed by atoms with van der Waals surface area (Å²) < 4.78 is 1.87. The Morgan fingerprint density at radius 1 is 1.12 bits per heavy atom. The Morgan fingerprint density at radius 3 is 2.54 bits per heavy atom. The summed E-state index contributed by atoms with van der Waals surface area (Å²) in [4.78, 5) is 21.1. The largest absolute Gasteiger partial charge is 0.344 e. The standard InChI is InChI=1S/C20H23N5O/c1-13(2)19-21-11-10-18(24-19)20(26)23-14(3)17-12-22-25(15(17)4)16-8-6-5-7-9-16/h5-14H,1-4H3,(H,23,26)/t14-/m0/s1. The third-order valence-corrected chi connectivity index (χ3v) is 4.29. The van der Waals surface area contributed by atoms with E-state index in [0.29, 0.717) is 11.5 Å². The summed E-state index contributed by atoms with van der Waals surface area (Å²) in [6.07, 6.45) is 3.42. The van der Waals surface area contributed by atoms with Gasteiger partial charge in [-0.2, -0.15) is 5.10 Å². The highest BCUT2D eigenvalue weighted by Crippen LogP contribution is 2.20. The number of para-hydroxylation sites is 1. The van der Waals surface area contributed by atoms with Gasteiger partial charge in [-0.3, -0.25) is 4.79 Å². The van der Waals surface area contributed by atoms with Gasteiger partial charge in [0.05, 0.1) is 17.9 Å². The fraction of sp³-hybridized carbons (Fsp3) is 0.300. The normalized spacial score (nSPS) is 12.2. The highest BCUT2D eigenvalue weighted by molar-refractivity contribution is 5.92. The second kappa shape index (κ2) is 7.47. The van der Waals surface area contributed by atoms with Crippen LogP contribution >= 0.6 is 0 Å². The van der Waals surface area contributed by atoms with E-state index in [1.165, 1.54) is 0 Å². The molecule has 0 saturated heterocycles. The van der Waals surface area contributed by atoms with Crippen LogP contribution in [0.4, 0.5) is 0 Å². The molecular weight excluding hydrogens is 326 g/mol. The Morgan fingerprint density at radius 2 is 1.85 bits per heavy atom. The lowest BCUT2D eigenvalue weighted by Gasteiger charge is -2.14. The number of amides is 1. The monoisotopic (exact) mass is 349 g/mol. The zero-order valence-electron chi connectivity index (χ0n) is 15.5. The maximum atomic E-state index is 12.6. The van der Waals surface area contributed by atoms with E-state index < -0.39 is 0 Å². The molecule has 134 valence electrons. The molecule has 3 aromatic rings. The average molecular weight is 349 g/mol. The molecule has 1 aromatic carbocycles. The topological polar surface area (TPSA) is 72.7 Å². The lowest BCUT2D eigenvalue weighted by atomic mass is 10.1. The molecule has 0 aliphatic rings. The van der Waals surface area contributed by atoms with Crippen molar-refractivity contribution >= 4 is 5.91 Å². The van der Waals surface area contributed by atoms with Crippen molar-refractivity contribution in [2.45, 2.75) is 39.7 Å². The first-order valence-corrected chi connectivity index (χ1v) is 8.71. The molecule has 3 rings (SSSR count). The predicted molar refractivity (Wildman–Crippen MR) is 100 cm³/mol. The molecule has 0 spiro atoms. The van der Waals surface area contributed by atoms with Gasteiger partial charge in [0.2, 0.25) is 0 Å². The molecular formula is C20H23N5O. The van der Waals surface area contributed by atoms with Gasteiger partial charge < -0.3 is 5.32 Å². The van der Waals surface area contributed by atoms with Gasteiger partial charge in [-0.15, -0.1) is 0 Å². The maximum absolute atomic E-state index is 12.6. The van der Waals surface area contributed by atoms with Crippen LogP contribution in [0, 0.1) is 6.92 Å². The van der Waals surface area contributed by atoms with Crippen molar-refractivity contribution in [3.8, 4) is 5.69 Å². The fourth-order valence-corrected chi connectivity index (χ4v) is 2.80.